The maximum absolute atomic E-state index is 11.7. The molecule has 0 spiro atoms. The number of fused-ring (bicyclic) bond motifs is 1. The first-order chi connectivity index (χ1) is 11.5. The molecule has 6 heteroatoms. The lowest BCUT2D eigenvalue weighted by Crippen LogP contribution is -2.26. The molecule has 5 nitrogen and oxygen atoms in total. The first-order valence-electron chi connectivity index (χ1n) is 7.93. The van der Waals surface area contributed by atoms with Crippen LogP contribution in [-0.4, -0.2) is 30.6 Å². The van der Waals surface area contributed by atoms with E-state index in [-0.39, 0.29) is 6.04 Å². The van der Waals surface area contributed by atoms with E-state index in [0.717, 1.165) is 28.4 Å². The van der Waals surface area contributed by atoms with Crippen molar-refractivity contribution in [3.63, 3.8) is 0 Å². The summed E-state index contributed by atoms with van der Waals surface area (Å²) in [5.74, 6) is 1.30. The molecule has 3 rings (SSSR count). The lowest BCUT2D eigenvalue weighted by Gasteiger charge is -2.18. The van der Waals surface area contributed by atoms with Gasteiger partial charge in [-0.1, -0.05) is 30.3 Å². The molecular formula is C18H22N4OS. The van der Waals surface area contributed by atoms with Crippen molar-refractivity contribution in [3.05, 3.63) is 65.2 Å². The number of imidazole rings is 1. The molecule has 0 saturated carbocycles. The van der Waals surface area contributed by atoms with Crippen molar-refractivity contribution in [1.82, 2.24) is 19.7 Å². The van der Waals surface area contributed by atoms with Crippen LogP contribution in [0.15, 0.2) is 42.6 Å². The Labute approximate surface area is 144 Å². The predicted molar refractivity (Wildman–Crippen MR) is 97.4 cm³/mol. The normalized spacial score (nSPS) is 14.0. The van der Waals surface area contributed by atoms with Crippen molar-refractivity contribution < 1.29 is 4.21 Å². The maximum Gasteiger partial charge on any atom is 0.234 e. The van der Waals surface area contributed by atoms with Crippen LogP contribution in [0, 0.1) is 13.8 Å². The van der Waals surface area contributed by atoms with E-state index in [4.69, 9.17) is 0 Å². The van der Waals surface area contributed by atoms with Crippen LogP contribution in [0.1, 0.15) is 28.7 Å². The average Bonchev–Trinajstić information content (AvgIpc) is 2.95. The van der Waals surface area contributed by atoms with Gasteiger partial charge in [-0.2, -0.15) is 0 Å². The third kappa shape index (κ3) is 3.71. The molecule has 2 aromatic heterocycles. The highest BCUT2D eigenvalue weighted by Crippen LogP contribution is 2.16. The van der Waals surface area contributed by atoms with E-state index in [9.17, 15) is 4.21 Å². The quantitative estimate of drug-likeness (QED) is 0.748. The van der Waals surface area contributed by atoms with E-state index in [2.05, 4.69) is 38.7 Å². The number of hydrogen-bond acceptors (Lipinski definition) is 4. The lowest BCUT2D eigenvalue weighted by molar-refractivity contribution is 0.565. The van der Waals surface area contributed by atoms with Crippen molar-refractivity contribution in [2.45, 2.75) is 26.4 Å². The molecule has 0 aliphatic rings. The molecule has 1 N–H and O–H groups in total. The van der Waals surface area contributed by atoms with Crippen LogP contribution in [0.3, 0.4) is 0 Å². The molecule has 0 aliphatic carbocycles. The monoisotopic (exact) mass is 342 g/mol. The van der Waals surface area contributed by atoms with Crippen LogP contribution in [0.4, 0.5) is 0 Å². The summed E-state index contributed by atoms with van der Waals surface area (Å²) in [6, 6.07) is 12.2. The van der Waals surface area contributed by atoms with E-state index >= 15 is 0 Å². The predicted octanol–water partition coefficient (Wildman–Crippen LogP) is 2.56. The highest BCUT2D eigenvalue weighted by molar-refractivity contribution is 7.84. The van der Waals surface area contributed by atoms with Gasteiger partial charge in [0.15, 0.2) is 0 Å². The third-order valence-electron chi connectivity index (χ3n) is 4.00. The zero-order valence-electron chi connectivity index (χ0n) is 14.2. The third-order valence-corrected chi connectivity index (χ3v) is 4.80. The molecule has 0 amide bonds. The van der Waals surface area contributed by atoms with Gasteiger partial charge in [-0.15, -0.1) is 0 Å². The van der Waals surface area contributed by atoms with Crippen molar-refractivity contribution >= 4 is 16.6 Å². The number of hydrogen-bond donors (Lipinski definition) is 1. The van der Waals surface area contributed by atoms with Gasteiger partial charge < -0.3 is 5.32 Å². The summed E-state index contributed by atoms with van der Waals surface area (Å²) in [5.41, 5.74) is 4.28. The van der Waals surface area contributed by atoms with Gasteiger partial charge in [0.25, 0.3) is 0 Å². The molecule has 0 unspecified atom stereocenters. The number of aromatic nitrogens is 3. The topological polar surface area (TPSA) is 59.3 Å². The largest absolute Gasteiger partial charge is 0.303 e. The Bertz CT molecular complexity index is 860. The molecule has 0 saturated heterocycles. The van der Waals surface area contributed by atoms with Crippen LogP contribution in [0.2, 0.25) is 0 Å². The molecule has 0 radical (unpaired) electrons. The molecule has 1 aromatic carbocycles. The van der Waals surface area contributed by atoms with Gasteiger partial charge in [0.2, 0.25) is 5.78 Å². The highest BCUT2D eigenvalue weighted by atomic mass is 32.2. The number of nitrogens with one attached hydrogen (secondary N) is 1. The minimum Gasteiger partial charge on any atom is -0.303 e. The van der Waals surface area contributed by atoms with Crippen LogP contribution in [0.25, 0.3) is 5.78 Å². The fourth-order valence-electron chi connectivity index (χ4n) is 2.94. The van der Waals surface area contributed by atoms with Crippen LogP contribution in [-0.2, 0) is 17.3 Å². The number of rotatable bonds is 6. The zero-order valence-corrected chi connectivity index (χ0v) is 15.0. The molecule has 0 fully saturated rings. The maximum atomic E-state index is 11.7. The lowest BCUT2D eigenvalue weighted by atomic mass is 10.1. The Kier molecular flexibility index (Phi) is 5.06. The minimum absolute atomic E-state index is 0.0429. The fraction of sp³-hybridized carbons (Fsp3) is 0.333. The molecule has 0 bridgehead atoms. The van der Waals surface area contributed by atoms with Gasteiger partial charge in [0.1, 0.15) is 0 Å². The Morgan fingerprint density at radius 2 is 2.00 bits per heavy atom. The summed E-state index contributed by atoms with van der Waals surface area (Å²) in [7, 11) is -0.876. The van der Waals surface area contributed by atoms with Crippen molar-refractivity contribution in [1.29, 1.82) is 0 Å². The van der Waals surface area contributed by atoms with Gasteiger partial charge in [0, 0.05) is 46.8 Å². The molecule has 2 heterocycles. The molecule has 24 heavy (non-hydrogen) atoms. The van der Waals surface area contributed by atoms with Gasteiger partial charge >= 0.3 is 0 Å². The molecule has 2 atom stereocenters. The first kappa shape index (κ1) is 16.8. The number of benzene rings is 1. The number of nitrogens with zero attached hydrogens (tertiary/aromatic N) is 3. The molecular weight excluding hydrogens is 320 g/mol. The standard InChI is InChI=1S/C18H22N4OS/c1-13-9-14(2)22-16(11-20-18(22)21-13)10-19-17(12-24(3)23)15-7-5-4-6-8-15/h4-9,11,17,19H,10,12H2,1-3H3/t17-,24+/m0/s1. The van der Waals surface area contributed by atoms with Crippen molar-refractivity contribution in [3.8, 4) is 0 Å². The van der Waals surface area contributed by atoms with Crippen LogP contribution >= 0.6 is 0 Å². The van der Waals surface area contributed by atoms with E-state index < -0.39 is 10.8 Å². The van der Waals surface area contributed by atoms with Crippen LogP contribution < -0.4 is 5.32 Å². The summed E-state index contributed by atoms with van der Waals surface area (Å²) in [6.07, 6.45) is 3.59. The number of aryl methyl sites for hydroxylation is 2. The Morgan fingerprint density at radius 1 is 1.25 bits per heavy atom. The highest BCUT2D eigenvalue weighted by Gasteiger charge is 2.14. The second-order valence-corrected chi connectivity index (χ2v) is 7.49. The van der Waals surface area contributed by atoms with E-state index in [1.807, 2.05) is 37.4 Å². The SMILES string of the molecule is Cc1cc(C)n2c(CN[C@@H](C[S@@](C)=O)c3ccccc3)cnc2n1. The summed E-state index contributed by atoms with van der Waals surface area (Å²) in [4.78, 5) is 8.87. The average molecular weight is 342 g/mol. The summed E-state index contributed by atoms with van der Waals surface area (Å²) in [6.45, 7) is 4.67. The van der Waals surface area contributed by atoms with Gasteiger partial charge in [0.05, 0.1) is 11.9 Å². The zero-order chi connectivity index (χ0) is 17.1. The summed E-state index contributed by atoms with van der Waals surface area (Å²) < 4.78 is 13.8. The molecule has 0 aliphatic heterocycles. The smallest absolute Gasteiger partial charge is 0.234 e. The summed E-state index contributed by atoms with van der Waals surface area (Å²) >= 11 is 0. The molecule has 126 valence electrons. The van der Waals surface area contributed by atoms with E-state index in [1.54, 1.807) is 6.26 Å². The van der Waals surface area contributed by atoms with E-state index in [1.165, 1.54) is 0 Å². The Morgan fingerprint density at radius 3 is 2.71 bits per heavy atom. The van der Waals surface area contributed by atoms with Crippen molar-refractivity contribution in [2.24, 2.45) is 0 Å². The first-order valence-corrected chi connectivity index (χ1v) is 9.66. The second kappa shape index (κ2) is 7.23. The van der Waals surface area contributed by atoms with E-state index in [0.29, 0.717) is 12.3 Å². The molecule has 3 aromatic rings. The Balaban J connectivity index is 1.83. The second-order valence-electron chi connectivity index (χ2n) is 6.01. The van der Waals surface area contributed by atoms with Gasteiger partial charge in [-0.25, -0.2) is 9.97 Å². The minimum atomic E-state index is -0.876. The van der Waals surface area contributed by atoms with Gasteiger partial charge in [-0.05, 0) is 25.5 Å². The van der Waals surface area contributed by atoms with Crippen molar-refractivity contribution in [2.75, 3.05) is 12.0 Å². The Hall–Kier alpha value is -2.05. The van der Waals surface area contributed by atoms with Gasteiger partial charge in [-0.3, -0.25) is 8.61 Å². The summed E-state index contributed by atoms with van der Waals surface area (Å²) in [5, 5.41) is 3.52. The van der Waals surface area contributed by atoms with Crippen LogP contribution in [0.5, 0.6) is 0 Å². The fourth-order valence-corrected chi connectivity index (χ4v) is 3.72.